The van der Waals surface area contributed by atoms with Gasteiger partial charge in [0.15, 0.2) is 0 Å². The number of nitrogens with zero attached hydrogens (tertiary/aromatic N) is 2. The molecule has 0 aliphatic carbocycles. The van der Waals surface area contributed by atoms with Gasteiger partial charge in [-0.1, -0.05) is 11.3 Å². The largest absolute Gasteiger partial charge is 0.419 e. The minimum absolute atomic E-state index is 0.0805. The first kappa shape index (κ1) is 16.9. The van der Waals surface area contributed by atoms with E-state index in [2.05, 4.69) is 20.7 Å². The highest BCUT2D eigenvalue weighted by molar-refractivity contribution is 5.94. The second-order valence-electron chi connectivity index (χ2n) is 5.44. The van der Waals surface area contributed by atoms with Gasteiger partial charge in [-0.25, -0.2) is 4.39 Å². The third-order valence-corrected chi connectivity index (χ3v) is 3.80. The van der Waals surface area contributed by atoms with Crippen molar-refractivity contribution < 1.29 is 22.4 Å². The molecule has 0 aliphatic rings. The summed E-state index contributed by atoms with van der Waals surface area (Å²) in [5.41, 5.74) is 1.24. The molecule has 0 bridgehead atoms. The van der Waals surface area contributed by atoms with Crippen LogP contribution in [0.2, 0.25) is 0 Å². The summed E-state index contributed by atoms with van der Waals surface area (Å²) in [6, 6.07) is 5.67. The van der Waals surface area contributed by atoms with Gasteiger partial charge < -0.3 is 5.32 Å². The third kappa shape index (κ3) is 3.30. The van der Waals surface area contributed by atoms with E-state index in [9.17, 15) is 22.4 Å². The van der Waals surface area contributed by atoms with Crippen LogP contribution in [-0.2, 0) is 12.7 Å². The van der Waals surface area contributed by atoms with Crippen LogP contribution in [0, 0.1) is 12.7 Å². The highest BCUT2D eigenvalue weighted by atomic mass is 19.4. The molecule has 0 spiro atoms. The van der Waals surface area contributed by atoms with Crippen molar-refractivity contribution in [1.29, 1.82) is 0 Å². The molecule has 9 heteroatoms. The van der Waals surface area contributed by atoms with Gasteiger partial charge in [-0.05, 0) is 36.8 Å². The van der Waals surface area contributed by atoms with Gasteiger partial charge >= 0.3 is 6.18 Å². The van der Waals surface area contributed by atoms with Crippen LogP contribution < -0.4 is 5.32 Å². The standard InChI is InChI=1S/C16H12F4N4O/c1-8-2-5-13-14(23-24-22-13)10(8)7-21-15(25)9-3-4-11(12(17)6-9)16(18,19)20/h2-6H,7H2,1H3,(H,21,25)(H,22,23,24). The molecule has 0 aliphatic heterocycles. The summed E-state index contributed by atoms with van der Waals surface area (Å²) in [6.45, 7) is 1.91. The van der Waals surface area contributed by atoms with Gasteiger partial charge in [-0.2, -0.15) is 13.2 Å². The number of fused-ring (bicyclic) bond motifs is 1. The lowest BCUT2D eigenvalue weighted by Crippen LogP contribution is -2.24. The fourth-order valence-corrected chi connectivity index (χ4v) is 2.45. The first-order chi connectivity index (χ1) is 11.8. The highest BCUT2D eigenvalue weighted by Crippen LogP contribution is 2.31. The molecule has 0 radical (unpaired) electrons. The van der Waals surface area contributed by atoms with Crippen LogP contribution >= 0.6 is 0 Å². The summed E-state index contributed by atoms with van der Waals surface area (Å²) >= 11 is 0. The van der Waals surface area contributed by atoms with Gasteiger partial charge in [0, 0.05) is 17.7 Å². The number of halogens is 4. The molecule has 3 aromatic rings. The van der Waals surface area contributed by atoms with Crippen LogP contribution in [-0.4, -0.2) is 21.3 Å². The van der Waals surface area contributed by atoms with E-state index in [1.807, 2.05) is 13.0 Å². The maximum absolute atomic E-state index is 13.6. The number of aromatic amines is 1. The van der Waals surface area contributed by atoms with E-state index in [1.165, 1.54) is 0 Å². The number of alkyl halides is 3. The Kier molecular flexibility index (Phi) is 4.15. The van der Waals surface area contributed by atoms with E-state index in [-0.39, 0.29) is 12.1 Å². The van der Waals surface area contributed by atoms with Gasteiger partial charge in [-0.15, -0.1) is 5.10 Å². The van der Waals surface area contributed by atoms with Gasteiger partial charge in [0.1, 0.15) is 11.3 Å². The van der Waals surface area contributed by atoms with E-state index in [0.29, 0.717) is 28.7 Å². The second-order valence-corrected chi connectivity index (χ2v) is 5.44. The van der Waals surface area contributed by atoms with Crippen LogP contribution in [0.5, 0.6) is 0 Å². The molecule has 5 nitrogen and oxygen atoms in total. The summed E-state index contributed by atoms with van der Waals surface area (Å²) in [6.07, 6.45) is -4.81. The van der Waals surface area contributed by atoms with Crippen LogP contribution in [0.1, 0.15) is 27.0 Å². The molecule has 25 heavy (non-hydrogen) atoms. The smallest absolute Gasteiger partial charge is 0.348 e. The summed E-state index contributed by atoms with van der Waals surface area (Å²) in [7, 11) is 0. The zero-order valence-corrected chi connectivity index (χ0v) is 12.9. The van der Waals surface area contributed by atoms with Gasteiger partial charge in [-0.3, -0.25) is 9.89 Å². The van der Waals surface area contributed by atoms with Crippen molar-refractivity contribution in [2.75, 3.05) is 0 Å². The zero-order chi connectivity index (χ0) is 18.2. The van der Waals surface area contributed by atoms with Crippen molar-refractivity contribution in [3.63, 3.8) is 0 Å². The molecule has 0 fully saturated rings. The lowest BCUT2D eigenvalue weighted by atomic mass is 10.1. The molecule has 0 unspecified atom stereocenters. The first-order valence-electron chi connectivity index (χ1n) is 7.21. The molecular weight excluding hydrogens is 340 g/mol. The van der Waals surface area contributed by atoms with Crippen molar-refractivity contribution in [2.45, 2.75) is 19.6 Å². The van der Waals surface area contributed by atoms with E-state index < -0.39 is 23.5 Å². The zero-order valence-electron chi connectivity index (χ0n) is 12.9. The topological polar surface area (TPSA) is 70.7 Å². The average Bonchev–Trinajstić information content (AvgIpc) is 3.01. The normalized spacial score (nSPS) is 11.7. The molecule has 0 atom stereocenters. The quantitative estimate of drug-likeness (QED) is 0.710. The van der Waals surface area contributed by atoms with Crippen molar-refractivity contribution >= 4 is 16.9 Å². The number of rotatable bonds is 3. The predicted octanol–water partition coefficient (Wildman–Crippen LogP) is 3.35. The summed E-state index contributed by atoms with van der Waals surface area (Å²) in [5.74, 6) is -2.18. The summed E-state index contributed by atoms with van der Waals surface area (Å²) in [5, 5.41) is 12.9. The first-order valence-corrected chi connectivity index (χ1v) is 7.21. The number of aromatic nitrogens is 3. The lowest BCUT2D eigenvalue weighted by Gasteiger charge is -2.11. The van der Waals surface area contributed by atoms with Crippen LogP contribution in [0.4, 0.5) is 17.6 Å². The Hall–Kier alpha value is -2.97. The molecule has 0 saturated carbocycles. The Bertz CT molecular complexity index is 949. The number of amides is 1. The summed E-state index contributed by atoms with van der Waals surface area (Å²) < 4.78 is 51.2. The van der Waals surface area contributed by atoms with E-state index in [4.69, 9.17) is 0 Å². The Balaban J connectivity index is 1.80. The Labute approximate surface area is 139 Å². The SMILES string of the molecule is Cc1ccc2[nH]nnc2c1CNC(=O)c1ccc(C(F)(F)F)c(F)c1. The fourth-order valence-electron chi connectivity index (χ4n) is 2.45. The van der Waals surface area contributed by atoms with E-state index >= 15 is 0 Å². The van der Waals surface area contributed by atoms with Crippen molar-refractivity contribution in [1.82, 2.24) is 20.7 Å². The minimum Gasteiger partial charge on any atom is -0.348 e. The number of carbonyl (C=O) groups excluding carboxylic acids is 1. The maximum atomic E-state index is 13.6. The van der Waals surface area contributed by atoms with Gasteiger partial charge in [0.2, 0.25) is 0 Å². The Morgan fingerprint density at radius 3 is 2.68 bits per heavy atom. The van der Waals surface area contributed by atoms with Gasteiger partial charge in [0.05, 0.1) is 11.1 Å². The average molecular weight is 352 g/mol. The van der Waals surface area contributed by atoms with Crippen LogP contribution in [0.3, 0.4) is 0 Å². The molecule has 3 rings (SSSR count). The molecule has 1 aromatic heterocycles. The minimum atomic E-state index is -4.81. The van der Waals surface area contributed by atoms with Gasteiger partial charge in [0.25, 0.3) is 5.91 Å². The van der Waals surface area contributed by atoms with E-state index in [0.717, 1.165) is 11.6 Å². The molecule has 130 valence electrons. The number of benzene rings is 2. The Morgan fingerprint density at radius 2 is 2.00 bits per heavy atom. The van der Waals surface area contributed by atoms with Crippen molar-refractivity contribution in [3.8, 4) is 0 Å². The molecule has 0 saturated heterocycles. The Morgan fingerprint density at radius 1 is 1.24 bits per heavy atom. The third-order valence-electron chi connectivity index (χ3n) is 3.80. The van der Waals surface area contributed by atoms with Crippen LogP contribution in [0.15, 0.2) is 30.3 Å². The number of hydrogen-bond donors (Lipinski definition) is 2. The second kappa shape index (κ2) is 6.15. The number of H-pyrrole nitrogens is 1. The highest BCUT2D eigenvalue weighted by Gasteiger charge is 2.34. The van der Waals surface area contributed by atoms with Crippen molar-refractivity contribution in [2.24, 2.45) is 0 Å². The molecule has 1 amide bonds. The number of hydrogen-bond acceptors (Lipinski definition) is 3. The molecule has 1 heterocycles. The number of nitrogens with one attached hydrogen (secondary N) is 2. The summed E-state index contributed by atoms with van der Waals surface area (Å²) in [4.78, 5) is 12.1. The van der Waals surface area contributed by atoms with Crippen molar-refractivity contribution in [3.05, 3.63) is 58.4 Å². The van der Waals surface area contributed by atoms with Crippen LogP contribution in [0.25, 0.3) is 11.0 Å². The number of aryl methyl sites for hydroxylation is 1. The fraction of sp³-hybridized carbons (Fsp3) is 0.188. The molecular formula is C16H12F4N4O. The monoisotopic (exact) mass is 352 g/mol. The maximum Gasteiger partial charge on any atom is 0.419 e. The number of carbonyl (C=O) groups is 1. The molecule has 2 N–H and O–H groups in total. The predicted molar refractivity (Wildman–Crippen MR) is 81.2 cm³/mol. The molecule has 2 aromatic carbocycles. The van der Waals surface area contributed by atoms with E-state index in [1.54, 1.807) is 6.07 Å². The lowest BCUT2D eigenvalue weighted by molar-refractivity contribution is -0.140.